The summed E-state index contributed by atoms with van der Waals surface area (Å²) in [7, 11) is 0. The molecule has 1 aromatic carbocycles. The Balaban J connectivity index is 2.18. The highest BCUT2D eigenvalue weighted by Gasteiger charge is 2.18. The van der Waals surface area contributed by atoms with E-state index in [-0.39, 0.29) is 5.91 Å². The molecule has 0 saturated carbocycles. The first-order chi connectivity index (χ1) is 7.74. The van der Waals surface area contributed by atoms with Crippen molar-refractivity contribution in [1.82, 2.24) is 5.32 Å². The van der Waals surface area contributed by atoms with Gasteiger partial charge < -0.3 is 10.6 Å². The van der Waals surface area contributed by atoms with E-state index in [0.29, 0.717) is 12.6 Å². The first-order valence-electron chi connectivity index (χ1n) is 5.92. The third kappa shape index (κ3) is 2.03. The van der Waals surface area contributed by atoms with Crippen LogP contribution >= 0.6 is 0 Å². The van der Waals surface area contributed by atoms with E-state index in [4.69, 9.17) is 0 Å². The smallest absolute Gasteiger partial charge is 0.251 e. The number of hydrogen-bond acceptors (Lipinski definition) is 2. The van der Waals surface area contributed by atoms with Crippen molar-refractivity contribution in [2.24, 2.45) is 0 Å². The van der Waals surface area contributed by atoms with Crippen LogP contribution in [0.25, 0.3) is 0 Å². The van der Waals surface area contributed by atoms with Crippen LogP contribution < -0.4 is 10.6 Å². The predicted molar refractivity (Wildman–Crippen MR) is 65.6 cm³/mol. The van der Waals surface area contributed by atoms with Gasteiger partial charge in [0.15, 0.2) is 0 Å². The van der Waals surface area contributed by atoms with Crippen molar-refractivity contribution in [3.63, 3.8) is 0 Å². The van der Waals surface area contributed by atoms with Gasteiger partial charge in [-0.25, -0.2) is 0 Å². The van der Waals surface area contributed by atoms with Gasteiger partial charge in [-0.1, -0.05) is 19.9 Å². The molecule has 86 valence electrons. The van der Waals surface area contributed by atoms with Gasteiger partial charge in [0.05, 0.1) is 0 Å². The van der Waals surface area contributed by atoms with Crippen LogP contribution in [0.3, 0.4) is 0 Å². The Morgan fingerprint density at radius 2 is 2.12 bits per heavy atom. The molecular weight excluding hydrogens is 200 g/mol. The number of fused-ring (bicyclic) bond motifs is 1. The van der Waals surface area contributed by atoms with Crippen LogP contribution in [0.5, 0.6) is 0 Å². The van der Waals surface area contributed by atoms with E-state index in [1.54, 1.807) is 0 Å². The van der Waals surface area contributed by atoms with Gasteiger partial charge in [-0.3, -0.25) is 4.79 Å². The van der Waals surface area contributed by atoms with Gasteiger partial charge >= 0.3 is 0 Å². The van der Waals surface area contributed by atoms with E-state index >= 15 is 0 Å². The first-order valence-corrected chi connectivity index (χ1v) is 5.92. The van der Waals surface area contributed by atoms with Crippen molar-refractivity contribution in [2.75, 3.05) is 5.32 Å². The van der Waals surface area contributed by atoms with Gasteiger partial charge in [-0.15, -0.1) is 0 Å². The van der Waals surface area contributed by atoms with E-state index < -0.39 is 0 Å². The highest BCUT2D eigenvalue weighted by atomic mass is 16.1. The topological polar surface area (TPSA) is 41.1 Å². The largest absolute Gasteiger partial charge is 0.382 e. The van der Waals surface area contributed by atoms with E-state index in [9.17, 15) is 4.79 Å². The van der Waals surface area contributed by atoms with Crippen molar-refractivity contribution >= 4 is 11.6 Å². The highest BCUT2D eigenvalue weighted by Crippen LogP contribution is 2.21. The van der Waals surface area contributed by atoms with Crippen molar-refractivity contribution < 1.29 is 4.79 Å². The zero-order chi connectivity index (χ0) is 11.5. The standard InChI is InChI=1S/C13H18N2O/c1-3-10(4-2)15-11-6-5-9-8-14-13(16)12(9)7-11/h5-7,10,15H,3-4,8H2,1-2H3,(H,14,16). The molecule has 0 atom stereocenters. The SMILES string of the molecule is CCC(CC)Nc1ccc2c(c1)C(=O)NC2. The lowest BCUT2D eigenvalue weighted by Gasteiger charge is -2.16. The van der Waals surface area contributed by atoms with Crippen molar-refractivity contribution in [3.8, 4) is 0 Å². The summed E-state index contributed by atoms with van der Waals surface area (Å²) in [5, 5.41) is 6.28. The minimum atomic E-state index is 0.0446. The summed E-state index contributed by atoms with van der Waals surface area (Å²) in [6.07, 6.45) is 2.19. The Kier molecular flexibility index (Phi) is 3.13. The summed E-state index contributed by atoms with van der Waals surface area (Å²) in [5.41, 5.74) is 2.96. The normalized spacial score (nSPS) is 13.8. The second-order valence-corrected chi connectivity index (χ2v) is 4.21. The second kappa shape index (κ2) is 4.56. The van der Waals surface area contributed by atoms with Gasteiger partial charge in [0.25, 0.3) is 5.91 Å². The molecule has 1 amide bonds. The van der Waals surface area contributed by atoms with Crippen molar-refractivity contribution in [2.45, 2.75) is 39.3 Å². The van der Waals surface area contributed by atoms with Crippen LogP contribution in [0.15, 0.2) is 18.2 Å². The van der Waals surface area contributed by atoms with E-state index in [2.05, 4.69) is 30.5 Å². The predicted octanol–water partition coefficient (Wildman–Crippen LogP) is 2.53. The summed E-state index contributed by atoms with van der Waals surface area (Å²) in [6.45, 7) is 5.00. The number of carbonyl (C=O) groups excluding carboxylic acids is 1. The van der Waals surface area contributed by atoms with Gasteiger partial charge in [0.1, 0.15) is 0 Å². The monoisotopic (exact) mass is 218 g/mol. The van der Waals surface area contributed by atoms with Gasteiger partial charge in [-0.2, -0.15) is 0 Å². The maximum atomic E-state index is 11.5. The summed E-state index contributed by atoms with van der Waals surface area (Å²) in [5.74, 6) is 0.0446. The van der Waals surface area contributed by atoms with E-state index in [1.807, 2.05) is 12.1 Å². The van der Waals surface area contributed by atoms with E-state index in [0.717, 1.165) is 29.7 Å². The Labute approximate surface area is 96.2 Å². The maximum Gasteiger partial charge on any atom is 0.251 e. The molecule has 2 N–H and O–H groups in total. The zero-order valence-corrected chi connectivity index (χ0v) is 9.84. The number of hydrogen-bond donors (Lipinski definition) is 2. The number of anilines is 1. The Morgan fingerprint density at radius 3 is 2.81 bits per heavy atom. The minimum Gasteiger partial charge on any atom is -0.382 e. The Morgan fingerprint density at radius 1 is 1.38 bits per heavy atom. The molecule has 2 rings (SSSR count). The summed E-state index contributed by atoms with van der Waals surface area (Å²) < 4.78 is 0. The lowest BCUT2D eigenvalue weighted by atomic mass is 10.1. The lowest BCUT2D eigenvalue weighted by Crippen LogP contribution is -2.17. The number of rotatable bonds is 4. The molecule has 3 heteroatoms. The van der Waals surface area contributed by atoms with Crippen LogP contribution in [0, 0.1) is 0 Å². The van der Waals surface area contributed by atoms with Crippen LogP contribution in [0.2, 0.25) is 0 Å². The highest BCUT2D eigenvalue weighted by molar-refractivity contribution is 5.99. The van der Waals surface area contributed by atoms with E-state index in [1.165, 1.54) is 0 Å². The molecular formula is C13H18N2O. The molecule has 0 spiro atoms. The van der Waals surface area contributed by atoms with Crippen LogP contribution in [0.4, 0.5) is 5.69 Å². The molecule has 1 aromatic rings. The minimum absolute atomic E-state index is 0.0446. The molecule has 0 radical (unpaired) electrons. The number of carbonyl (C=O) groups is 1. The molecule has 1 aliphatic rings. The average Bonchev–Trinajstić information content (AvgIpc) is 2.68. The molecule has 0 unspecified atom stereocenters. The Bertz CT molecular complexity index is 397. The van der Waals surface area contributed by atoms with Crippen LogP contribution in [-0.2, 0) is 6.54 Å². The molecule has 0 saturated heterocycles. The van der Waals surface area contributed by atoms with Crippen molar-refractivity contribution in [3.05, 3.63) is 29.3 Å². The number of nitrogens with one attached hydrogen (secondary N) is 2. The van der Waals surface area contributed by atoms with Crippen molar-refractivity contribution in [1.29, 1.82) is 0 Å². The molecule has 1 aliphatic heterocycles. The average molecular weight is 218 g/mol. The molecule has 0 aliphatic carbocycles. The zero-order valence-electron chi connectivity index (χ0n) is 9.84. The van der Waals surface area contributed by atoms with Gasteiger partial charge in [0.2, 0.25) is 0 Å². The summed E-state index contributed by atoms with van der Waals surface area (Å²) in [6, 6.07) is 6.52. The van der Waals surface area contributed by atoms with Crippen LogP contribution in [-0.4, -0.2) is 11.9 Å². The molecule has 0 bridgehead atoms. The maximum absolute atomic E-state index is 11.5. The summed E-state index contributed by atoms with van der Waals surface area (Å²) >= 11 is 0. The molecule has 16 heavy (non-hydrogen) atoms. The summed E-state index contributed by atoms with van der Waals surface area (Å²) in [4.78, 5) is 11.5. The molecule has 3 nitrogen and oxygen atoms in total. The number of amides is 1. The molecule has 1 heterocycles. The number of benzene rings is 1. The van der Waals surface area contributed by atoms with Crippen LogP contribution in [0.1, 0.15) is 42.6 Å². The Hall–Kier alpha value is -1.51. The third-order valence-corrected chi connectivity index (χ3v) is 3.15. The second-order valence-electron chi connectivity index (χ2n) is 4.21. The third-order valence-electron chi connectivity index (χ3n) is 3.15. The molecule has 0 fully saturated rings. The fraction of sp³-hybridized carbons (Fsp3) is 0.462. The van der Waals surface area contributed by atoms with Gasteiger partial charge in [-0.05, 0) is 30.5 Å². The lowest BCUT2D eigenvalue weighted by molar-refractivity contribution is 0.0966. The fourth-order valence-corrected chi connectivity index (χ4v) is 2.03. The quantitative estimate of drug-likeness (QED) is 0.815. The fourth-order valence-electron chi connectivity index (χ4n) is 2.03. The van der Waals surface area contributed by atoms with Gasteiger partial charge in [0, 0.05) is 23.8 Å². The molecule has 0 aromatic heterocycles. The first kappa shape index (κ1) is 11.0.